The summed E-state index contributed by atoms with van der Waals surface area (Å²) in [7, 11) is 3.29. The van der Waals surface area contributed by atoms with Crippen molar-refractivity contribution >= 4 is 17.0 Å². The number of aromatic amines is 1. The number of hydrogen-bond donors (Lipinski definition) is 1. The number of H-pyrrole nitrogens is 1. The van der Waals surface area contributed by atoms with E-state index in [1.165, 1.54) is 13.2 Å². The third-order valence-electron chi connectivity index (χ3n) is 7.55. The fourth-order valence-electron chi connectivity index (χ4n) is 5.58. The van der Waals surface area contributed by atoms with E-state index in [-0.39, 0.29) is 23.9 Å². The Balaban J connectivity index is 1.52. The first-order valence-corrected chi connectivity index (χ1v) is 13.1. The van der Waals surface area contributed by atoms with Crippen LogP contribution in [-0.4, -0.2) is 50.1 Å². The quantitative estimate of drug-likeness (QED) is 0.375. The lowest BCUT2D eigenvalue weighted by atomic mass is 9.84. The molecule has 204 valence electrons. The van der Waals surface area contributed by atoms with Gasteiger partial charge in [-0.3, -0.25) is 14.5 Å². The average Bonchev–Trinajstić information content (AvgIpc) is 3.21. The minimum Gasteiger partial charge on any atom is -0.485 e. The second-order valence-electron chi connectivity index (χ2n) is 11.1. The van der Waals surface area contributed by atoms with E-state index >= 15 is 0 Å². The van der Waals surface area contributed by atoms with Gasteiger partial charge in [-0.15, -0.1) is 5.10 Å². The summed E-state index contributed by atoms with van der Waals surface area (Å²) in [6, 6.07) is 13.7. The zero-order valence-electron chi connectivity index (χ0n) is 23.4. The summed E-state index contributed by atoms with van der Waals surface area (Å²) in [5, 5.41) is 8.54. The number of nitrogens with zero attached hydrogens (tertiary/aromatic N) is 4. The maximum absolute atomic E-state index is 12.6. The van der Waals surface area contributed by atoms with Gasteiger partial charge in [-0.2, -0.15) is 0 Å². The topological polar surface area (TPSA) is 102 Å². The molecular weight excluding hydrogens is 494 g/mol. The van der Waals surface area contributed by atoms with E-state index in [1.807, 2.05) is 20.0 Å². The summed E-state index contributed by atoms with van der Waals surface area (Å²) < 4.78 is 13.1. The van der Waals surface area contributed by atoms with Crippen molar-refractivity contribution in [3.8, 4) is 5.75 Å². The number of rotatable bonds is 6. The summed E-state index contributed by atoms with van der Waals surface area (Å²) in [6.45, 7) is 10.1. The highest BCUT2D eigenvalue weighted by Crippen LogP contribution is 2.35. The molecule has 9 nitrogen and oxygen atoms in total. The number of ether oxygens (including phenoxy) is 2. The zero-order chi connectivity index (χ0) is 27.9. The van der Waals surface area contributed by atoms with E-state index in [9.17, 15) is 9.59 Å². The Morgan fingerprint density at radius 3 is 2.74 bits per heavy atom. The molecule has 1 unspecified atom stereocenters. The molecule has 0 fully saturated rings. The van der Waals surface area contributed by atoms with Crippen molar-refractivity contribution in [2.75, 3.05) is 13.7 Å². The highest BCUT2D eigenvalue weighted by Gasteiger charge is 2.30. The van der Waals surface area contributed by atoms with Crippen LogP contribution in [0.25, 0.3) is 11.0 Å². The molecule has 0 bridgehead atoms. The lowest BCUT2D eigenvalue weighted by Crippen LogP contribution is -2.40. The number of benzene rings is 2. The number of fused-ring (bicyclic) bond motifs is 2. The Hall–Kier alpha value is -3.98. The molecule has 4 aromatic rings. The van der Waals surface area contributed by atoms with Gasteiger partial charge in [0.15, 0.2) is 0 Å². The van der Waals surface area contributed by atoms with Crippen molar-refractivity contribution in [1.82, 2.24) is 24.9 Å². The number of methoxy groups -OCH3 is 1. The summed E-state index contributed by atoms with van der Waals surface area (Å²) in [4.78, 5) is 29.8. The van der Waals surface area contributed by atoms with E-state index in [0.717, 1.165) is 44.5 Å². The highest BCUT2D eigenvalue weighted by molar-refractivity contribution is 5.80. The van der Waals surface area contributed by atoms with Crippen molar-refractivity contribution in [3.63, 3.8) is 0 Å². The molecule has 3 heterocycles. The zero-order valence-corrected chi connectivity index (χ0v) is 23.4. The highest BCUT2D eigenvalue weighted by atomic mass is 16.5. The van der Waals surface area contributed by atoms with Crippen LogP contribution in [0.4, 0.5) is 0 Å². The van der Waals surface area contributed by atoms with Gasteiger partial charge in [0.05, 0.1) is 24.7 Å². The first-order valence-electron chi connectivity index (χ1n) is 13.1. The molecule has 2 aromatic heterocycles. The molecule has 5 rings (SSSR count). The third kappa shape index (κ3) is 5.45. The van der Waals surface area contributed by atoms with Crippen molar-refractivity contribution in [2.45, 2.75) is 58.7 Å². The summed E-state index contributed by atoms with van der Waals surface area (Å²) in [5.74, 6) is 0.234. The molecule has 0 aliphatic carbocycles. The van der Waals surface area contributed by atoms with Crippen LogP contribution in [0.2, 0.25) is 0 Å². The maximum Gasteiger partial charge on any atom is 0.306 e. The number of aromatic nitrogens is 4. The number of pyridine rings is 1. The first-order chi connectivity index (χ1) is 18.5. The van der Waals surface area contributed by atoms with Crippen LogP contribution in [-0.2, 0) is 29.7 Å². The molecule has 0 saturated heterocycles. The van der Waals surface area contributed by atoms with Gasteiger partial charge in [0.25, 0.3) is 0 Å². The van der Waals surface area contributed by atoms with Gasteiger partial charge in [0, 0.05) is 38.7 Å². The minimum atomic E-state index is -0.439. The molecule has 9 heteroatoms. The van der Waals surface area contributed by atoms with E-state index in [0.29, 0.717) is 25.4 Å². The van der Waals surface area contributed by atoms with Gasteiger partial charge in [-0.05, 0) is 67.6 Å². The van der Waals surface area contributed by atoms with Crippen LogP contribution in [0.3, 0.4) is 0 Å². The average molecular weight is 530 g/mol. The second kappa shape index (κ2) is 10.3. The normalized spacial score (nSPS) is 15.8. The Labute approximate surface area is 227 Å². The Morgan fingerprint density at radius 2 is 1.97 bits per heavy atom. The second-order valence-corrected chi connectivity index (χ2v) is 11.1. The van der Waals surface area contributed by atoms with Crippen LogP contribution in [0.1, 0.15) is 59.7 Å². The third-order valence-corrected chi connectivity index (χ3v) is 7.55. The van der Waals surface area contributed by atoms with Gasteiger partial charge in [0.2, 0.25) is 5.56 Å². The lowest BCUT2D eigenvalue weighted by Gasteiger charge is -2.30. The van der Waals surface area contributed by atoms with Gasteiger partial charge >= 0.3 is 5.97 Å². The summed E-state index contributed by atoms with van der Waals surface area (Å²) in [6.07, 6.45) is 0.213. The van der Waals surface area contributed by atoms with Crippen LogP contribution >= 0.6 is 0 Å². The lowest BCUT2D eigenvalue weighted by molar-refractivity contribution is -0.140. The molecule has 39 heavy (non-hydrogen) atoms. The summed E-state index contributed by atoms with van der Waals surface area (Å²) >= 11 is 0. The number of nitrogens with one attached hydrogen (secondary N) is 1. The predicted molar refractivity (Wildman–Crippen MR) is 149 cm³/mol. The Morgan fingerprint density at radius 1 is 1.18 bits per heavy atom. The molecule has 0 saturated carbocycles. The van der Waals surface area contributed by atoms with Crippen molar-refractivity contribution in [1.29, 1.82) is 0 Å². The number of esters is 1. The Kier molecular flexibility index (Phi) is 7.03. The van der Waals surface area contributed by atoms with E-state index < -0.39 is 5.60 Å². The molecular formula is C30H35N5O4. The van der Waals surface area contributed by atoms with E-state index in [4.69, 9.17) is 9.47 Å². The van der Waals surface area contributed by atoms with Crippen LogP contribution in [0, 0.1) is 13.8 Å². The van der Waals surface area contributed by atoms with Crippen LogP contribution < -0.4 is 10.3 Å². The monoisotopic (exact) mass is 529 g/mol. The number of hydrogen-bond acceptors (Lipinski definition) is 7. The molecule has 2 aromatic carbocycles. The van der Waals surface area contributed by atoms with Gasteiger partial charge in [0.1, 0.15) is 16.9 Å². The van der Waals surface area contributed by atoms with Crippen LogP contribution in [0.15, 0.2) is 47.3 Å². The molecule has 0 radical (unpaired) electrons. The van der Waals surface area contributed by atoms with E-state index in [1.54, 1.807) is 10.7 Å². The first kappa shape index (κ1) is 26.6. The summed E-state index contributed by atoms with van der Waals surface area (Å²) in [5.41, 5.74) is 7.34. The van der Waals surface area contributed by atoms with Crippen molar-refractivity contribution in [3.05, 3.63) is 86.3 Å². The molecule has 0 amide bonds. The number of carbonyl (C=O) groups is 1. The maximum atomic E-state index is 12.6. The predicted octanol–water partition coefficient (Wildman–Crippen LogP) is 4.14. The van der Waals surface area contributed by atoms with Crippen molar-refractivity contribution in [2.24, 2.45) is 7.05 Å². The van der Waals surface area contributed by atoms with Gasteiger partial charge in [-0.1, -0.05) is 29.5 Å². The fourth-order valence-corrected chi connectivity index (χ4v) is 5.58. The Bertz CT molecular complexity index is 1600. The standard InChI is InChI=1S/C30H35N5O4/c1-18-7-8-20(23(14-28(37)38-6)22-9-10-25-29(19(22)2)32-33-34(25)5)13-21(18)15-35-16-24-26(11-12-27(36)31-24)39-30(3,4)17-35/h7-13,23H,14-17H2,1-6H3,(H,31,36). The van der Waals surface area contributed by atoms with Crippen LogP contribution in [0.5, 0.6) is 5.75 Å². The molecule has 0 spiro atoms. The minimum absolute atomic E-state index is 0.142. The number of aryl methyl sites for hydroxylation is 3. The molecule has 1 atom stereocenters. The molecule has 1 N–H and O–H groups in total. The van der Waals surface area contributed by atoms with E-state index in [2.05, 4.69) is 65.2 Å². The smallest absolute Gasteiger partial charge is 0.306 e. The van der Waals surface area contributed by atoms with Gasteiger partial charge in [-0.25, -0.2) is 4.68 Å². The number of carbonyl (C=O) groups excluding carboxylic acids is 1. The largest absolute Gasteiger partial charge is 0.485 e. The molecule has 1 aliphatic rings. The van der Waals surface area contributed by atoms with Crippen molar-refractivity contribution < 1.29 is 14.3 Å². The molecule has 1 aliphatic heterocycles. The van der Waals surface area contributed by atoms with Gasteiger partial charge < -0.3 is 14.5 Å². The SMILES string of the molecule is COC(=O)CC(c1ccc(C)c(CN2Cc3[nH]c(=O)ccc3OC(C)(C)C2)c1)c1ccc2c(nnn2C)c1C. The fraction of sp³-hybridized carbons (Fsp3) is 0.400.